The van der Waals surface area contributed by atoms with E-state index in [0.29, 0.717) is 17.7 Å². The van der Waals surface area contributed by atoms with Crippen molar-refractivity contribution in [3.8, 4) is 0 Å². The van der Waals surface area contributed by atoms with Crippen LogP contribution in [0.1, 0.15) is 24.8 Å². The standard InChI is InChI=1S/C16H17N3O5/c1-24-14(20)10-8-16(18-6-2-3-13(10)18)11-7-9(19(22)23)4-5-12(11)17-15(16)21/h4-5,7,10,13H,2-3,6,8H2,1H3,(H,17,21)/p+1/t10-,13+,16-/m0/s1. The van der Waals surface area contributed by atoms with Gasteiger partial charge in [0.05, 0.1) is 29.8 Å². The van der Waals surface area contributed by atoms with E-state index in [2.05, 4.69) is 5.32 Å². The van der Waals surface area contributed by atoms with Crippen LogP contribution in [0.25, 0.3) is 0 Å². The van der Waals surface area contributed by atoms with Crippen LogP contribution in [0, 0.1) is 16.0 Å². The molecule has 2 saturated heterocycles. The summed E-state index contributed by atoms with van der Waals surface area (Å²) in [6, 6.07) is 4.47. The van der Waals surface area contributed by atoms with Crippen molar-refractivity contribution in [2.45, 2.75) is 30.8 Å². The van der Waals surface area contributed by atoms with Crippen molar-refractivity contribution in [1.29, 1.82) is 0 Å². The lowest BCUT2D eigenvalue weighted by Crippen LogP contribution is -3.19. The minimum absolute atomic E-state index is 0.0217. The number of nitrogens with one attached hydrogen (secondary N) is 2. The number of methoxy groups -OCH3 is 1. The van der Waals surface area contributed by atoms with Crippen molar-refractivity contribution in [3.05, 3.63) is 33.9 Å². The number of carbonyl (C=O) groups is 2. The second-order valence-electron chi connectivity index (χ2n) is 6.70. The molecule has 1 aromatic carbocycles. The highest BCUT2D eigenvalue weighted by molar-refractivity contribution is 6.05. The fourth-order valence-corrected chi connectivity index (χ4v) is 4.83. The van der Waals surface area contributed by atoms with Gasteiger partial charge < -0.3 is 15.0 Å². The number of fused-ring (bicyclic) bond motifs is 4. The van der Waals surface area contributed by atoms with E-state index in [1.54, 1.807) is 6.07 Å². The Hall–Kier alpha value is -2.48. The molecule has 2 fully saturated rings. The predicted molar refractivity (Wildman–Crippen MR) is 82.4 cm³/mol. The third kappa shape index (κ3) is 1.77. The molecule has 8 heteroatoms. The fourth-order valence-electron chi connectivity index (χ4n) is 4.83. The zero-order chi connectivity index (χ0) is 17.1. The molecule has 4 rings (SSSR count). The molecule has 1 spiro atoms. The van der Waals surface area contributed by atoms with Crippen molar-refractivity contribution >= 4 is 23.3 Å². The second-order valence-corrected chi connectivity index (χ2v) is 6.70. The summed E-state index contributed by atoms with van der Waals surface area (Å²) in [5, 5.41) is 14.0. The maximum absolute atomic E-state index is 12.9. The number of carbonyl (C=O) groups excluding carboxylic acids is 2. The number of anilines is 1. The maximum Gasteiger partial charge on any atom is 0.315 e. The van der Waals surface area contributed by atoms with E-state index < -0.39 is 10.5 Å². The molecule has 8 nitrogen and oxygen atoms in total. The molecule has 24 heavy (non-hydrogen) atoms. The van der Waals surface area contributed by atoms with Crippen LogP contribution in [0.5, 0.6) is 0 Å². The SMILES string of the molecule is COC(=O)[C@H]1C[C@]2(C(=O)Nc3ccc([N+](=O)[O-])cc32)[NH+]2CCC[C@H]12. The molecule has 0 aromatic heterocycles. The quantitative estimate of drug-likeness (QED) is 0.450. The summed E-state index contributed by atoms with van der Waals surface area (Å²) in [6.45, 7) is 0.772. The Morgan fingerprint density at radius 2 is 2.29 bits per heavy atom. The Bertz CT molecular complexity index is 764. The average Bonchev–Trinajstić information content (AvgIpc) is 3.22. The smallest absolute Gasteiger partial charge is 0.315 e. The van der Waals surface area contributed by atoms with Gasteiger partial charge in [0.1, 0.15) is 12.0 Å². The third-order valence-corrected chi connectivity index (χ3v) is 5.78. The van der Waals surface area contributed by atoms with Crippen LogP contribution in [-0.4, -0.2) is 36.5 Å². The van der Waals surface area contributed by atoms with Crippen LogP contribution in [0.2, 0.25) is 0 Å². The van der Waals surface area contributed by atoms with Crippen molar-refractivity contribution < 1.29 is 24.1 Å². The number of nitro groups is 1. The van der Waals surface area contributed by atoms with E-state index in [1.165, 1.54) is 19.2 Å². The van der Waals surface area contributed by atoms with Crippen molar-refractivity contribution in [1.82, 2.24) is 0 Å². The van der Waals surface area contributed by atoms with Crippen LogP contribution in [0.4, 0.5) is 11.4 Å². The van der Waals surface area contributed by atoms with Gasteiger partial charge >= 0.3 is 5.97 Å². The molecule has 0 aliphatic carbocycles. The lowest BCUT2D eigenvalue weighted by atomic mass is 9.84. The van der Waals surface area contributed by atoms with Gasteiger partial charge in [0, 0.05) is 31.4 Å². The van der Waals surface area contributed by atoms with Gasteiger partial charge in [-0.3, -0.25) is 19.7 Å². The summed E-state index contributed by atoms with van der Waals surface area (Å²) in [6.07, 6.45) is 2.11. The highest BCUT2D eigenvalue weighted by atomic mass is 16.6. The first-order valence-corrected chi connectivity index (χ1v) is 8.03. The summed E-state index contributed by atoms with van der Waals surface area (Å²) in [5.74, 6) is -0.835. The molecule has 0 bridgehead atoms. The van der Waals surface area contributed by atoms with Gasteiger partial charge in [-0.15, -0.1) is 0 Å². The first kappa shape index (κ1) is 15.1. The molecule has 0 radical (unpaired) electrons. The summed E-state index contributed by atoms with van der Waals surface area (Å²) < 4.78 is 4.94. The zero-order valence-corrected chi connectivity index (χ0v) is 13.2. The van der Waals surface area contributed by atoms with Crippen LogP contribution in [-0.2, 0) is 19.9 Å². The normalized spacial score (nSPS) is 33.2. The number of amides is 1. The van der Waals surface area contributed by atoms with Gasteiger partial charge in [-0.2, -0.15) is 0 Å². The number of nitro benzene ring substituents is 1. The number of quaternary nitrogens is 1. The lowest BCUT2D eigenvalue weighted by molar-refractivity contribution is -0.947. The Morgan fingerprint density at radius 3 is 3.00 bits per heavy atom. The Balaban J connectivity index is 1.86. The average molecular weight is 332 g/mol. The van der Waals surface area contributed by atoms with Gasteiger partial charge in [-0.1, -0.05) is 0 Å². The van der Waals surface area contributed by atoms with E-state index in [9.17, 15) is 19.7 Å². The van der Waals surface area contributed by atoms with Crippen molar-refractivity contribution in [2.24, 2.45) is 5.92 Å². The number of nitrogens with zero attached hydrogens (tertiary/aromatic N) is 1. The monoisotopic (exact) mass is 332 g/mol. The first-order valence-electron chi connectivity index (χ1n) is 8.03. The Labute approximate surface area is 137 Å². The van der Waals surface area contributed by atoms with Crippen LogP contribution < -0.4 is 10.2 Å². The molecule has 3 heterocycles. The van der Waals surface area contributed by atoms with Gasteiger partial charge in [0.2, 0.25) is 5.54 Å². The summed E-state index contributed by atoms with van der Waals surface area (Å²) in [5.41, 5.74) is 0.270. The van der Waals surface area contributed by atoms with Crippen LogP contribution in [0.3, 0.4) is 0 Å². The zero-order valence-electron chi connectivity index (χ0n) is 13.2. The minimum atomic E-state index is -0.929. The molecule has 126 valence electrons. The van der Waals surface area contributed by atoms with Gasteiger partial charge in [0.15, 0.2) is 0 Å². The van der Waals surface area contributed by atoms with Gasteiger partial charge in [-0.25, -0.2) is 0 Å². The van der Waals surface area contributed by atoms with Gasteiger partial charge in [0.25, 0.3) is 11.6 Å². The number of hydrogen-bond donors (Lipinski definition) is 2. The van der Waals surface area contributed by atoms with E-state index in [1.807, 2.05) is 0 Å². The number of esters is 1. The van der Waals surface area contributed by atoms with E-state index >= 15 is 0 Å². The molecule has 1 aromatic rings. The van der Waals surface area contributed by atoms with Crippen LogP contribution >= 0.6 is 0 Å². The minimum Gasteiger partial charge on any atom is -0.469 e. The molecule has 3 aliphatic rings. The Kier molecular flexibility index (Phi) is 3.14. The maximum atomic E-state index is 12.9. The van der Waals surface area contributed by atoms with E-state index in [0.717, 1.165) is 24.3 Å². The van der Waals surface area contributed by atoms with E-state index in [4.69, 9.17) is 4.74 Å². The summed E-state index contributed by atoms with van der Waals surface area (Å²) in [4.78, 5) is 36.8. The molecule has 4 atom stereocenters. The van der Waals surface area contributed by atoms with E-state index in [-0.39, 0.29) is 29.5 Å². The summed E-state index contributed by atoms with van der Waals surface area (Å²) in [7, 11) is 1.36. The highest BCUT2D eigenvalue weighted by Crippen LogP contribution is 2.45. The van der Waals surface area contributed by atoms with Crippen LogP contribution in [0.15, 0.2) is 18.2 Å². The second kappa shape index (κ2) is 5.01. The molecule has 0 saturated carbocycles. The van der Waals surface area contributed by atoms with Gasteiger partial charge in [-0.05, 0) is 6.07 Å². The van der Waals surface area contributed by atoms with Crippen molar-refractivity contribution in [3.63, 3.8) is 0 Å². The number of rotatable bonds is 2. The highest BCUT2D eigenvalue weighted by Gasteiger charge is 2.67. The summed E-state index contributed by atoms with van der Waals surface area (Å²) >= 11 is 0. The first-order chi connectivity index (χ1) is 11.5. The number of benzene rings is 1. The molecule has 3 aliphatic heterocycles. The number of non-ortho nitro benzene ring substituents is 1. The largest absolute Gasteiger partial charge is 0.469 e. The molecule has 1 unspecified atom stereocenters. The lowest BCUT2D eigenvalue weighted by Gasteiger charge is -2.29. The Morgan fingerprint density at radius 1 is 1.50 bits per heavy atom. The predicted octanol–water partition coefficient (Wildman–Crippen LogP) is -0.0176. The van der Waals surface area contributed by atoms with Crippen molar-refractivity contribution in [2.75, 3.05) is 19.0 Å². The molecular weight excluding hydrogens is 314 g/mol. The number of ether oxygens (including phenoxy) is 1. The molecule has 1 amide bonds. The molecular formula is C16H18N3O5+. The molecule has 2 N–H and O–H groups in total. The third-order valence-electron chi connectivity index (χ3n) is 5.78. The fraction of sp³-hybridized carbons (Fsp3) is 0.500. The topological polar surface area (TPSA) is 103 Å². The number of hydrogen-bond acceptors (Lipinski definition) is 5.